The Kier molecular flexibility index (Phi) is 5.30. The van der Waals surface area contributed by atoms with Gasteiger partial charge in [-0.2, -0.15) is 9.98 Å². The summed E-state index contributed by atoms with van der Waals surface area (Å²) in [5.41, 5.74) is -0.434. The average Bonchev–Trinajstić information content (AvgIpc) is 3.19. The number of nitriles is 1. The number of hydrogen-bond donors (Lipinski definition) is 1. The van der Waals surface area contributed by atoms with Crippen molar-refractivity contribution in [3.63, 3.8) is 0 Å². The number of nitrogens with zero attached hydrogens (tertiary/aromatic N) is 6. The topological polar surface area (TPSA) is 116 Å². The van der Waals surface area contributed by atoms with E-state index in [9.17, 15) is 31.2 Å². The Morgan fingerprint density at radius 3 is 2.47 bits per heavy atom. The molecular weight excluding hydrogens is 498 g/mol. The smallest absolute Gasteiger partial charge is 0.291 e. The van der Waals surface area contributed by atoms with Crippen molar-refractivity contribution in [2.75, 3.05) is 18.0 Å². The molecule has 1 N–H and O–H groups in total. The fourth-order valence-corrected chi connectivity index (χ4v) is 5.86. The number of fused-ring (bicyclic) bond motifs is 1. The van der Waals surface area contributed by atoms with Crippen LogP contribution in [0.4, 0.5) is 23.2 Å². The van der Waals surface area contributed by atoms with Gasteiger partial charge in [-0.15, -0.1) is 10.2 Å². The van der Waals surface area contributed by atoms with Crippen LogP contribution in [-0.2, 0) is 10.0 Å². The maximum atomic E-state index is 13.7. The van der Waals surface area contributed by atoms with Gasteiger partial charge in [-0.25, -0.2) is 31.0 Å². The molecule has 0 bridgehead atoms. The maximum absolute atomic E-state index is 13.7. The minimum absolute atomic E-state index is 0.0173. The highest BCUT2D eigenvalue weighted by atomic mass is 32.2. The quantitative estimate of drug-likeness (QED) is 0.501. The number of halogens is 4. The monoisotopic (exact) mass is 515 g/mol. The molecular formula is C19H17F4N7O2S2. The van der Waals surface area contributed by atoms with E-state index in [4.69, 9.17) is 0 Å². The van der Waals surface area contributed by atoms with Crippen LogP contribution >= 0.6 is 11.3 Å². The van der Waals surface area contributed by atoms with Gasteiger partial charge >= 0.3 is 0 Å². The lowest BCUT2D eigenvalue weighted by atomic mass is 10.1. The van der Waals surface area contributed by atoms with Crippen molar-refractivity contribution in [2.45, 2.75) is 48.5 Å². The Morgan fingerprint density at radius 1 is 1.18 bits per heavy atom. The normalized spacial score (nSPS) is 19.5. The van der Waals surface area contributed by atoms with Gasteiger partial charge in [-0.3, -0.25) is 4.40 Å². The lowest BCUT2D eigenvalue weighted by Gasteiger charge is -2.34. The second kappa shape index (κ2) is 7.85. The Hall–Kier alpha value is -2.83. The summed E-state index contributed by atoms with van der Waals surface area (Å²) in [7, 11) is -4.18. The van der Waals surface area contributed by atoms with Crippen LogP contribution in [0.3, 0.4) is 0 Å². The lowest BCUT2D eigenvalue weighted by molar-refractivity contribution is -0.0220. The largest absolute Gasteiger partial charge is 0.369 e. The van der Waals surface area contributed by atoms with Gasteiger partial charge in [0, 0.05) is 32.1 Å². The zero-order valence-corrected chi connectivity index (χ0v) is 19.0. The number of aromatic nitrogens is 4. The highest BCUT2D eigenvalue weighted by Gasteiger charge is 2.47. The van der Waals surface area contributed by atoms with E-state index in [0.717, 1.165) is 0 Å². The highest BCUT2D eigenvalue weighted by Crippen LogP contribution is 2.38. The summed E-state index contributed by atoms with van der Waals surface area (Å²) in [5.74, 6) is -2.73. The summed E-state index contributed by atoms with van der Waals surface area (Å²) < 4.78 is 83.6. The second-order valence-electron chi connectivity index (χ2n) is 8.29. The molecule has 0 atom stereocenters. The molecule has 4 heterocycles. The molecule has 0 unspecified atom stereocenters. The Labute approximate surface area is 195 Å². The van der Waals surface area contributed by atoms with Crippen LogP contribution in [0.1, 0.15) is 37.1 Å². The molecule has 0 radical (unpaired) electrons. The Bertz CT molecular complexity index is 1400. The molecule has 34 heavy (non-hydrogen) atoms. The number of pyridine rings is 1. The minimum Gasteiger partial charge on any atom is -0.369 e. The van der Waals surface area contributed by atoms with E-state index in [1.54, 1.807) is 4.90 Å². The van der Waals surface area contributed by atoms with Crippen LogP contribution in [-0.4, -0.2) is 52.6 Å². The minimum atomic E-state index is -4.18. The SMILES string of the molecule is N#CC1(NS(=O)(=O)c2cc(N3CCC(F)(F)CC3)c3cnc(-c4nnc(C(F)F)s4)n3c2)CC1. The zero-order valence-electron chi connectivity index (χ0n) is 17.4. The van der Waals surface area contributed by atoms with Crippen LogP contribution in [0.2, 0.25) is 0 Å². The summed E-state index contributed by atoms with van der Waals surface area (Å²) in [4.78, 5) is 5.65. The molecule has 0 amide bonds. The van der Waals surface area contributed by atoms with Gasteiger partial charge in [0.1, 0.15) is 10.4 Å². The van der Waals surface area contributed by atoms with E-state index in [1.807, 2.05) is 6.07 Å². The van der Waals surface area contributed by atoms with Gasteiger partial charge in [-0.1, -0.05) is 11.3 Å². The molecule has 0 aromatic carbocycles. The fraction of sp³-hybridized carbons (Fsp3) is 0.474. The van der Waals surface area contributed by atoms with Crippen molar-refractivity contribution in [1.82, 2.24) is 24.3 Å². The van der Waals surface area contributed by atoms with Gasteiger partial charge in [0.05, 0.1) is 23.5 Å². The third-order valence-electron chi connectivity index (χ3n) is 5.85. The highest BCUT2D eigenvalue weighted by molar-refractivity contribution is 7.89. The van der Waals surface area contributed by atoms with Crippen molar-refractivity contribution in [2.24, 2.45) is 0 Å². The van der Waals surface area contributed by atoms with Crippen molar-refractivity contribution >= 4 is 32.6 Å². The molecule has 5 rings (SSSR count). The van der Waals surface area contributed by atoms with Gasteiger partial charge in [-0.05, 0) is 18.9 Å². The number of sulfonamides is 1. The van der Waals surface area contributed by atoms with Gasteiger partial charge < -0.3 is 4.90 Å². The lowest BCUT2D eigenvalue weighted by Crippen LogP contribution is -2.40. The molecule has 3 aromatic heterocycles. The van der Waals surface area contributed by atoms with Gasteiger partial charge in [0.15, 0.2) is 15.8 Å². The molecule has 1 saturated carbocycles. The maximum Gasteiger partial charge on any atom is 0.291 e. The number of piperidine rings is 1. The van der Waals surface area contributed by atoms with Gasteiger partial charge in [0.25, 0.3) is 12.3 Å². The molecule has 2 fully saturated rings. The first-order valence-corrected chi connectivity index (χ1v) is 12.5. The van der Waals surface area contributed by atoms with Crippen molar-refractivity contribution in [3.8, 4) is 16.9 Å². The summed E-state index contributed by atoms with van der Waals surface area (Å²) in [6.45, 7) is -0.0346. The van der Waals surface area contributed by atoms with Crippen LogP contribution in [0.15, 0.2) is 23.4 Å². The van der Waals surface area contributed by atoms with Crippen LogP contribution in [0.5, 0.6) is 0 Å². The standard InChI is InChI=1S/C19H17F4N7O2S2/c20-14(21)16-26-27-17(33-16)15-25-8-13-12(29-5-3-19(22,23)4-6-29)7-11(9-30(13)15)34(31,32)28-18(10-24)1-2-18/h7-9,14,28H,1-6H2. The number of alkyl halides is 4. The van der Waals surface area contributed by atoms with E-state index >= 15 is 0 Å². The first kappa shape index (κ1) is 22.9. The van der Waals surface area contributed by atoms with E-state index in [2.05, 4.69) is 19.9 Å². The molecule has 3 aromatic rings. The predicted molar refractivity (Wildman–Crippen MR) is 113 cm³/mol. The predicted octanol–water partition coefficient (Wildman–Crippen LogP) is 3.36. The third kappa shape index (κ3) is 4.10. The number of nitrogens with one attached hydrogen (secondary N) is 1. The number of imidazole rings is 1. The zero-order chi connectivity index (χ0) is 24.3. The second-order valence-corrected chi connectivity index (χ2v) is 11.0. The molecule has 15 heteroatoms. The molecule has 1 aliphatic carbocycles. The molecule has 1 aliphatic heterocycles. The Morgan fingerprint density at radius 2 is 1.88 bits per heavy atom. The van der Waals surface area contributed by atoms with E-state index < -0.39 is 45.8 Å². The van der Waals surface area contributed by atoms with Crippen LogP contribution in [0.25, 0.3) is 16.3 Å². The van der Waals surface area contributed by atoms with Crippen molar-refractivity contribution in [1.29, 1.82) is 5.26 Å². The first-order chi connectivity index (χ1) is 16.0. The summed E-state index contributed by atoms with van der Waals surface area (Å²) >= 11 is 0.615. The molecule has 180 valence electrons. The van der Waals surface area contributed by atoms with Crippen LogP contribution in [0, 0.1) is 11.3 Å². The number of hydrogen-bond acceptors (Lipinski definition) is 8. The molecule has 9 nitrogen and oxygen atoms in total. The van der Waals surface area contributed by atoms with E-state index in [0.29, 0.717) is 35.4 Å². The molecule has 1 saturated heterocycles. The van der Waals surface area contributed by atoms with E-state index in [1.165, 1.54) is 22.9 Å². The summed E-state index contributed by atoms with van der Waals surface area (Å²) in [5, 5.41) is 16.0. The van der Waals surface area contributed by atoms with Crippen LogP contribution < -0.4 is 9.62 Å². The molecule has 0 spiro atoms. The van der Waals surface area contributed by atoms with Crippen molar-refractivity contribution in [3.05, 3.63) is 23.5 Å². The summed E-state index contributed by atoms with van der Waals surface area (Å²) in [6, 6.07) is 3.31. The number of anilines is 1. The average molecular weight is 516 g/mol. The van der Waals surface area contributed by atoms with E-state index in [-0.39, 0.29) is 28.8 Å². The first-order valence-electron chi connectivity index (χ1n) is 10.2. The van der Waals surface area contributed by atoms with Gasteiger partial charge in [0.2, 0.25) is 10.0 Å². The summed E-state index contributed by atoms with van der Waals surface area (Å²) in [6.07, 6.45) is -0.236. The fourth-order valence-electron chi connectivity index (χ4n) is 3.78. The third-order valence-corrected chi connectivity index (χ3v) is 8.28. The number of rotatable bonds is 6. The molecule has 2 aliphatic rings. The Balaban J connectivity index is 1.64. The van der Waals surface area contributed by atoms with Crippen molar-refractivity contribution < 1.29 is 26.0 Å².